The molecule has 0 radical (unpaired) electrons. The molecule has 0 aromatic heterocycles. The fourth-order valence-electron chi connectivity index (χ4n) is 1.98. The Morgan fingerprint density at radius 3 is 1.33 bits per heavy atom. The van der Waals surface area contributed by atoms with Crippen LogP contribution in [-0.2, 0) is 0 Å². The molecule has 2 saturated carbocycles. The van der Waals surface area contributed by atoms with Gasteiger partial charge in [-0.1, -0.05) is 0 Å². The second kappa shape index (κ2) is 2.87. The van der Waals surface area contributed by atoms with Crippen LogP contribution >= 0.6 is 0 Å². The van der Waals surface area contributed by atoms with Gasteiger partial charge >= 0.3 is 0 Å². The van der Waals surface area contributed by atoms with E-state index in [1.807, 2.05) is 0 Å². The van der Waals surface area contributed by atoms with Crippen molar-refractivity contribution in [3.8, 4) is 24.7 Å². The fraction of sp³-hybridized carbons (Fsp3) is 0.667. The van der Waals surface area contributed by atoms with E-state index in [2.05, 4.69) is 11.8 Å². The lowest BCUT2D eigenvalue weighted by atomic mass is 9.86. The average Bonchev–Trinajstić information content (AvgIpc) is 2.85. The van der Waals surface area contributed by atoms with Crippen molar-refractivity contribution in [2.45, 2.75) is 25.7 Å². The van der Waals surface area contributed by atoms with Crippen molar-refractivity contribution in [2.75, 3.05) is 0 Å². The number of rotatable bonds is 3. The first-order chi connectivity index (χ1) is 5.86. The molecule has 2 fully saturated rings. The Bertz CT molecular complexity index is 214. The summed E-state index contributed by atoms with van der Waals surface area (Å²) in [5.74, 6) is 8.09. The van der Waals surface area contributed by atoms with Crippen LogP contribution in [0.4, 0.5) is 0 Å². The summed E-state index contributed by atoms with van der Waals surface area (Å²) in [5.41, 5.74) is 0. The molecule has 0 saturated heterocycles. The molecule has 0 aromatic carbocycles. The normalized spacial score (nSPS) is 26.8. The lowest BCUT2D eigenvalue weighted by Crippen LogP contribution is -2.15. The van der Waals surface area contributed by atoms with Crippen molar-refractivity contribution in [1.82, 2.24) is 0 Å². The fourth-order valence-corrected chi connectivity index (χ4v) is 1.98. The van der Waals surface area contributed by atoms with E-state index in [9.17, 15) is 0 Å². The maximum Gasteiger partial charge on any atom is 0.0368 e. The van der Waals surface area contributed by atoms with Gasteiger partial charge in [-0.25, -0.2) is 0 Å². The highest BCUT2D eigenvalue weighted by Crippen LogP contribution is 2.48. The Balaban J connectivity index is 2.03. The van der Waals surface area contributed by atoms with Crippen LogP contribution in [0.1, 0.15) is 25.7 Å². The van der Waals surface area contributed by atoms with E-state index < -0.39 is 0 Å². The van der Waals surface area contributed by atoms with Crippen LogP contribution in [-0.4, -0.2) is 0 Å². The maximum atomic E-state index is 5.51. The molecule has 0 amide bonds. The van der Waals surface area contributed by atoms with Gasteiger partial charge in [0.2, 0.25) is 0 Å². The zero-order valence-corrected chi connectivity index (χ0v) is 7.29. The summed E-state index contributed by atoms with van der Waals surface area (Å²) in [4.78, 5) is 0. The Labute approximate surface area is 74.7 Å². The topological polar surface area (TPSA) is 0 Å². The third kappa shape index (κ3) is 1.35. The van der Waals surface area contributed by atoms with Gasteiger partial charge in [0, 0.05) is 11.8 Å². The molecule has 0 aromatic rings. The van der Waals surface area contributed by atoms with E-state index in [0.717, 1.165) is 11.8 Å². The molecule has 0 heteroatoms. The first kappa shape index (κ1) is 7.75. The van der Waals surface area contributed by atoms with Crippen molar-refractivity contribution in [1.29, 1.82) is 0 Å². The van der Waals surface area contributed by atoms with Crippen molar-refractivity contribution >= 4 is 0 Å². The average molecular weight is 158 g/mol. The van der Waals surface area contributed by atoms with Crippen LogP contribution in [0.2, 0.25) is 0 Å². The van der Waals surface area contributed by atoms with Crippen LogP contribution in [0.5, 0.6) is 0 Å². The molecular formula is C12H14. The molecule has 0 N–H and O–H groups in total. The van der Waals surface area contributed by atoms with Crippen LogP contribution < -0.4 is 0 Å². The molecule has 2 aliphatic carbocycles. The van der Waals surface area contributed by atoms with Gasteiger partial charge in [0.15, 0.2) is 0 Å². The largest absolute Gasteiger partial charge is 0.120 e. The first-order valence-electron chi connectivity index (χ1n) is 4.79. The van der Waals surface area contributed by atoms with Crippen molar-refractivity contribution in [3.63, 3.8) is 0 Å². The number of hydrogen-bond donors (Lipinski definition) is 0. The summed E-state index contributed by atoms with van der Waals surface area (Å²) in [6.45, 7) is 0. The van der Waals surface area contributed by atoms with E-state index >= 15 is 0 Å². The summed E-state index contributed by atoms with van der Waals surface area (Å²) in [6.07, 6.45) is 16.2. The van der Waals surface area contributed by atoms with E-state index in [1.54, 1.807) is 0 Å². The Kier molecular flexibility index (Phi) is 1.86. The summed E-state index contributed by atoms with van der Waals surface area (Å²) in [5, 5.41) is 0. The molecule has 12 heavy (non-hydrogen) atoms. The van der Waals surface area contributed by atoms with Gasteiger partial charge in [0.05, 0.1) is 0 Å². The summed E-state index contributed by atoms with van der Waals surface area (Å²) >= 11 is 0. The first-order valence-corrected chi connectivity index (χ1v) is 4.79. The lowest BCUT2D eigenvalue weighted by molar-refractivity contribution is 0.412. The molecule has 2 atom stereocenters. The van der Waals surface area contributed by atoms with Gasteiger partial charge in [-0.15, -0.1) is 24.7 Å². The van der Waals surface area contributed by atoms with Gasteiger partial charge in [-0.05, 0) is 37.5 Å². The van der Waals surface area contributed by atoms with Gasteiger partial charge < -0.3 is 0 Å². The van der Waals surface area contributed by atoms with Crippen LogP contribution in [0.25, 0.3) is 0 Å². The van der Waals surface area contributed by atoms with E-state index in [0.29, 0.717) is 11.8 Å². The highest BCUT2D eigenvalue weighted by Gasteiger charge is 2.41. The maximum absolute atomic E-state index is 5.51. The Morgan fingerprint density at radius 1 is 0.833 bits per heavy atom. The summed E-state index contributed by atoms with van der Waals surface area (Å²) in [6, 6.07) is 0. The van der Waals surface area contributed by atoms with E-state index in [4.69, 9.17) is 12.8 Å². The van der Waals surface area contributed by atoms with Gasteiger partial charge in [-0.2, -0.15) is 0 Å². The minimum atomic E-state index is 0.391. The second-order valence-corrected chi connectivity index (χ2v) is 4.06. The van der Waals surface area contributed by atoms with E-state index in [-0.39, 0.29) is 0 Å². The minimum Gasteiger partial charge on any atom is -0.120 e. The van der Waals surface area contributed by atoms with Crippen LogP contribution in [0.15, 0.2) is 0 Å². The molecule has 0 bridgehead atoms. The van der Waals surface area contributed by atoms with Crippen molar-refractivity contribution < 1.29 is 0 Å². The van der Waals surface area contributed by atoms with Crippen LogP contribution in [0, 0.1) is 48.4 Å². The molecule has 0 nitrogen and oxygen atoms in total. The quantitative estimate of drug-likeness (QED) is 0.553. The molecule has 62 valence electrons. The third-order valence-electron chi connectivity index (χ3n) is 3.03. The number of hydrogen-bond acceptors (Lipinski definition) is 0. The van der Waals surface area contributed by atoms with Crippen LogP contribution in [0.3, 0.4) is 0 Å². The van der Waals surface area contributed by atoms with Gasteiger partial charge in [-0.3, -0.25) is 0 Å². The lowest BCUT2D eigenvalue weighted by Gasteiger charge is -2.16. The Morgan fingerprint density at radius 2 is 1.17 bits per heavy atom. The second-order valence-electron chi connectivity index (χ2n) is 4.06. The molecule has 2 aliphatic rings. The third-order valence-corrected chi connectivity index (χ3v) is 3.03. The predicted molar refractivity (Wildman–Crippen MR) is 50.1 cm³/mol. The highest BCUT2D eigenvalue weighted by molar-refractivity contribution is 5.14. The summed E-state index contributed by atoms with van der Waals surface area (Å²) in [7, 11) is 0. The zero-order valence-electron chi connectivity index (χ0n) is 7.29. The smallest absolute Gasteiger partial charge is 0.0368 e. The standard InChI is InChI=1S/C12H14/c1-3-11(9-5-6-9)12(4-2)10-7-8-10/h1-2,9-12H,5-8H2. The molecule has 0 heterocycles. The van der Waals surface area contributed by atoms with E-state index in [1.165, 1.54) is 25.7 Å². The van der Waals surface area contributed by atoms with Crippen molar-refractivity contribution in [2.24, 2.45) is 23.7 Å². The minimum absolute atomic E-state index is 0.391. The SMILES string of the molecule is C#CC(C1CC1)C(C#C)C1CC1. The number of terminal acetylenes is 2. The van der Waals surface area contributed by atoms with Gasteiger partial charge in [0.25, 0.3) is 0 Å². The predicted octanol–water partition coefficient (Wildman–Crippen LogP) is 2.31. The molecular weight excluding hydrogens is 144 g/mol. The van der Waals surface area contributed by atoms with Crippen molar-refractivity contribution in [3.05, 3.63) is 0 Å². The molecule has 2 rings (SSSR count). The summed E-state index contributed by atoms with van der Waals surface area (Å²) < 4.78 is 0. The highest BCUT2D eigenvalue weighted by atomic mass is 14.4. The Hall–Kier alpha value is -0.880. The molecule has 0 spiro atoms. The zero-order chi connectivity index (χ0) is 8.55. The molecule has 0 aliphatic heterocycles. The van der Waals surface area contributed by atoms with Gasteiger partial charge in [0.1, 0.15) is 0 Å². The monoisotopic (exact) mass is 158 g/mol. The molecule has 2 unspecified atom stereocenters.